The molecule has 1 aromatic heterocycles. The Morgan fingerprint density at radius 1 is 1.16 bits per heavy atom. The van der Waals surface area contributed by atoms with Crippen LogP contribution in [-0.4, -0.2) is 45.4 Å². The highest BCUT2D eigenvalue weighted by Gasteiger charge is 2.12. The molecule has 0 aromatic carbocycles. The van der Waals surface area contributed by atoms with E-state index in [4.69, 9.17) is 13.9 Å². The van der Waals surface area contributed by atoms with Crippen molar-refractivity contribution < 1.29 is 13.9 Å². The number of rotatable bonds is 11. The molecular weight excluding hydrogens is 318 g/mol. The van der Waals surface area contributed by atoms with Gasteiger partial charge in [-0.15, -0.1) is 0 Å². The van der Waals surface area contributed by atoms with E-state index in [1.165, 1.54) is 32.1 Å². The molecule has 25 heavy (non-hydrogen) atoms. The summed E-state index contributed by atoms with van der Waals surface area (Å²) in [5, 5.41) is 6.62. The number of hydrogen-bond donors (Lipinski definition) is 2. The van der Waals surface area contributed by atoms with Crippen LogP contribution >= 0.6 is 0 Å². The van der Waals surface area contributed by atoms with E-state index < -0.39 is 0 Å². The fourth-order valence-electron chi connectivity index (χ4n) is 2.93. The first kappa shape index (κ1) is 19.8. The summed E-state index contributed by atoms with van der Waals surface area (Å²) >= 11 is 0. The first-order valence-corrected chi connectivity index (χ1v) is 9.54. The van der Waals surface area contributed by atoms with Crippen LogP contribution in [0.1, 0.15) is 50.7 Å². The molecule has 0 radical (unpaired) electrons. The lowest BCUT2D eigenvalue weighted by atomic mass is 9.98. The lowest BCUT2D eigenvalue weighted by Crippen LogP contribution is -2.38. The Labute approximate surface area is 151 Å². The second-order valence-corrected chi connectivity index (χ2v) is 6.40. The fraction of sp³-hybridized carbons (Fsp3) is 0.737. The van der Waals surface area contributed by atoms with E-state index in [2.05, 4.69) is 15.6 Å². The highest BCUT2D eigenvalue weighted by atomic mass is 16.5. The average molecular weight is 351 g/mol. The number of nitrogens with zero attached hydrogens (tertiary/aromatic N) is 1. The van der Waals surface area contributed by atoms with E-state index in [-0.39, 0.29) is 0 Å². The standard InChI is InChI=1S/C19H33N3O3/c1-20-19(21-11-6-13-23-16-18-10-5-14-25-18)22-12-7-15-24-17-8-3-2-4-9-17/h5,10,14,17H,2-4,6-9,11-13,15-16H2,1H3,(H2,20,21,22). The summed E-state index contributed by atoms with van der Waals surface area (Å²) in [6.45, 7) is 3.76. The van der Waals surface area contributed by atoms with Crippen molar-refractivity contribution in [1.82, 2.24) is 10.6 Å². The van der Waals surface area contributed by atoms with Crippen molar-refractivity contribution in [3.63, 3.8) is 0 Å². The van der Waals surface area contributed by atoms with Crippen molar-refractivity contribution in [2.24, 2.45) is 4.99 Å². The van der Waals surface area contributed by atoms with E-state index in [0.717, 1.165) is 44.3 Å². The molecule has 0 spiro atoms. The molecule has 6 nitrogen and oxygen atoms in total. The van der Waals surface area contributed by atoms with Crippen LogP contribution < -0.4 is 10.6 Å². The molecule has 1 saturated carbocycles. The molecule has 2 N–H and O–H groups in total. The van der Waals surface area contributed by atoms with Crippen LogP contribution in [0.15, 0.2) is 27.8 Å². The Morgan fingerprint density at radius 2 is 1.92 bits per heavy atom. The van der Waals surface area contributed by atoms with Gasteiger partial charge in [0.25, 0.3) is 0 Å². The number of furan rings is 1. The van der Waals surface area contributed by atoms with Crippen LogP contribution in [-0.2, 0) is 16.1 Å². The predicted octanol–water partition coefficient (Wildman–Crippen LogP) is 3.09. The van der Waals surface area contributed by atoms with Gasteiger partial charge in [0.15, 0.2) is 5.96 Å². The maximum absolute atomic E-state index is 5.93. The Morgan fingerprint density at radius 3 is 2.60 bits per heavy atom. The minimum absolute atomic E-state index is 0.493. The third kappa shape index (κ3) is 8.93. The molecule has 1 aromatic rings. The highest BCUT2D eigenvalue weighted by molar-refractivity contribution is 5.79. The van der Waals surface area contributed by atoms with E-state index in [0.29, 0.717) is 19.3 Å². The van der Waals surface area contributed by atoms with Gasteiger partial charge in [-0.2, -0.15) is 0 Å². The molecule has 0 unspecified atom stereocenters. The predicted molar refractivity (Wildman–Crippen MR) is 99.8 cm³/mol. The molecule has 142 valence electrons. The lowest BCUT2D eigenvalue weighted by molar-refractivity contribution is 0.0277. The molecular formula is C19H33N3O3. The van der Waals surface area contributed by atoms with Crippen molar-refractivity contribution >= 4 is 5.96 Å². The minimum Gasteiger partial charge on any atom is -0.467 e. The quantitative estimate of drug-likeness (QED) is 0.364. The smallest absolute Gasteiger partial charge is 0.190 e. The number of hydrogen-bond acceptors (Lipinski definition) is 4. The minimum atomic E-state index is 0.493. The molecule has 6 heteroatoms. The zero-order valence-electron chi connectivity index (χ0n) is 15.5. The number of aliphatic imine (C=N–C) groups is 1. The lowest BCUT2D eigenvalue weighted by Gasteiger charge is -2.22. The van der Waals surface area contributed by atoms with E-state index >= 15 is 0 Å². The van der Waals surface area contributed by atoms with Crippen molar-refractivity contribution in [2.45, 2.75) is 57.7 Å². The normalized spacial score (nSPS) is 16.1. The second kappa shape index (κ2) is 12.8. The molecule has 0 bridgehead atoms. The summed E-state index contributed by atoms with van der Waals surface area (Å²) in [7, 11) is 1.79. The summed E-state index contributed by atoms with van der Waals surface area (Å²) in [6, 6.07) is 3.79. The Hall–Kier alpha value is -1.53. The maximum atomic E-state index is 5.93. The van der Waals surface area contributed by atoms with Gasteiger partial charge >= 0.3 is 0 Å². The van der Waals surface area contributed by atoms with E-state index in [1.54, 1.807) is 13.3 Å². The van der Waals surface area contributed by atoms with Gasteiger partial charge in [-0.05, 0) is 37.8 Å². The zero-order chi connectivity index (χ0) is 17.6. The van der Waals surface area contributed by atoms with Crippen LogP contribution in [0.25, 0.3) is 0 Å². The van der Waals surface area contributed by atoms with Gasteiger partial charge in [-0.1, -0.05) is 19.3 Å². The molecule has 1 heterocycles. The second-order valence-electron chi connectivity index (χ2n) is 6.40. The summed E-state index contributed by atoms with van der Waals surface area (Å²) in [6.07, 6.45) is 10.6. The van der Waals surface area contributed by atoms with Crippen molar-refractivity contribution in [3.05, 3.63) is 24.2 Å². The summed E-state index contributed by atoms with van der Waals surface area (Å²) < 4.78 is 16.7. The molecule has 0 aliphatic heterocycles. The van der Waals surface area contributed by atoms with Gasteiger partial charge in [0.05, 0.1) is 12.4 Å². The molecule has 1 aliphatic carbocycles. The zero-order valence-corrected chi connectivity index (χ0v) is 15.5. The van der Waals surface area contributed by atoms with E-state index in [9.17, 15) is 0 Å². The van der Waals surface area contributed by atoms with Gasteiger partial charge < -0.3 is 24.5 Å². The SMILES string of the molecule is CN=C(NCCCOCc1ccco1)NCCCOC1CCCCC1. The fourth-order valence-corrected chi connectivity index (χ4v) is 2.93. The van der Waals surface area contributed by atoms with Crippen LogP contribution in [0.3, 0.4) is 0 Å². The van der Waals surface area contributed by atoms with E-state index in [1.807, 2.05) is 12.1 Å². The monoisotopic (exact) mass is 351 g/mol. The van der Waals surface area contributed by atoms with Gasteiger partial charge in [-0.3, -0.25) is 4.99 Å². The summed E-state index contributed by atoms with van der Waals surface area (Å²) in [5.41, 5.74) is 0. The average Bonchev–Trinajstić information content (AvgIpc) is 3.17. The van der Waals surface area contributed by atoms with Crippen LogP contribution in [0.2, 0.25) is 0 Å². The molecule has 1 aliphatic rings. The van der Waals surface area contributed by atoms with Crippen LogP contribution in [0.4, 0.5) is 0 Å². The van der Waals surface area contributed by atoms with Gasteiger partial charge in [0, 0.05) is 33.4 Å². The largest absolute Gasteiger partial charge is 0.467 e. The van der Waals surface area contributed by atoms with Gasteiger partial charge in [-0.25, -0.2) is 0 Å². The Balaban J connectivity index is 1.41. The van der Waals surface area contributed by atoms with Crippen LogP contribution in [0, 0.1) is 0 Å². The molecule has 2 rings (SSSR count). The topological polar surface area (TPSA) is 68.0 Å². The number of nitrogens with one attached hydrogen (secondary N) is 2. The molecule has 0 saturated heterocycles. The molecule has 0 atom stereocenters. The number of guanidine groups is 1. The third-order valence-electron chi connectivity index (χ3n) is 4.33. The van der Waals surface area contributed by atoms with Gasteiger partial charge in [0.1, 0.15) is 12.4 Å². The molecule has 1 fully saturated rings. The third-order valence-corrected chi connectivity index (χ3v) is 4.33. The maximum Gasteiger partial charge on any atom is 0.190 e. The highest BCUT2D eigenvalue weighted by Crippen LogP contribution is 2.20. The van der Waals surface area contributed by atoms with Crippen molar-refractivity contribution in [3.8, 4) is 0 Å². The summed E-state index contributed by atoms with van der Waals surface area (Å²) in [4.78, 5) is 4.23. The van der Waals surface area contributed by atoms with Crippen LogP contribution in [0.5, 0.6) is 0 Å². The number of ether oxygens (including phenoxy) is 2. The van der Waals surface area contributed by atoms with Crippen molar-refractivity contribution in [2.75, 3.05) is 33.4 Å². The van der Waals surface area contributed by atoms with Gasteiger partial charge in [0.2, 0.25) is 0 Å². The van der Waals surface area contributed by atoms with Crippen molar-refractivity contribution in [1.29, 1.82) is 0 Å². The first-order valence-electron chi connectivity index (χ1n) is 9.54. The summed E-state index contributed by atoms with van der Waals surface area (Å²) in [5.74, 6) is 1.70. The first-order chi connectivity index (χ1) is 12.4. The Bertz CT molecular complexity index is 456. The molecule has 0 amide bonds. The Kier molecular flexibility index (Phi) is 10.1.